The van der Waals surface area contributed by atoms with Gasteiger partial charge in [0.15, 0.2) is 11.5 Å². The zero-order chi connectivity index (χ0) is 20.3. The van der Waals surface area contributed by atoms with E-state index in [4.69, 9.17) is 14.2 Å². The van der Waals surface area contributed by atoms with Gasteiger partial charge in [0.2, 0.25) is 15.9 Å². The molecule has 1 atom stereocenters. The predicted molar refractivity (Wildman–Crippen MR) is 103 cm³/mol. The summed E-state index contributed by atoms with van der Waals surface area (Å²) in [5.41, 5.74) is 1.14. The number of carbonyl (C=O) groups excluding carboxylic acids is 1. The third-order valence-electron chi connectivity index (χ3n) is 4.19. The van der Waals surface area contributed by atoms with Gasteiger partial charge in [0.25, 0.3) is 0 Å². The van der Waals surface area contributed by atoms with Crippen LogP contribution < -0.4 is 24.2 Å². The second-order valence-electron chi connectivity index (χ2n) is 6.29. The Kier molecular flexibility index (Phi) is 5.76. The van der Waals surface area contributed by atoms with Gasteiger partial charge in [0.1, 0.15) is 19.0 Å². The Bertz CT molecular complexity index is 990. The van der Waals surface area contributed by atoms with Crippen LogP contribution in [-0.4, -0.2) is 34.6 Å². The van der Waals surface area contributed by atoms with Crippen LogP contribution in [0.4, 0.5) is 5.69 Å². The Balaban J connectivity index is 1.82. The number of sulfonamides is 1. The van der Waals surface area contributed by atoms with Crippen molar-refractivity contribution >= 4 is 21.6 Å². The molecule has 0 unspecified atom stereocenters. The van der Waals surface area contributed by atoms with Crippen LogP contribution in [0.1, 0.15) is 25.5 Å². The molecule has 1 heterocycles. The molecule has 2 aromatic carbocycles. The average molecular weight is 406 g/mol. The van der Waals surface area contributed by atoms with Crippen molar-refractivity contribution in [2.45, 2.75) is 24.8 Å². The number of hydrogen-bond acceptors (Lipinski definition) is 6. The van der Waals surface area contributed by atoms with Gasteiger partial charge in [-0.25, -0.2) is 13.1 Å². The Morgan fingerprint density at radius 1 is 1.11 bits per heavy atom. The van der Waals surface area contributed by atoms with Crippen molar-refractivity contribution in [3.8, 4) is 17.2 Å². The van der Waals surface area contributed by atoms with E-state index in [0.717, 1.165) is 5.56 Å². The molecule has 0 fully saturated rings. The summed E-state index contributed by atoms with van der Waals surface area (Å²) in [6.45, 7) is 4.05. The number of carbonyl (C=O) groups is 1. The molecule has 8 nitrogen and oxygen atoms in total. The minimum absolute atomic E-state index is 0.0304. The highest BCUT2D eigenvalue weighted by Crippen LogP contribution is 2.33. The number of rotatable bonds is 6. The molecule has 9 heteroatoms. The van der Waals surface area contributed by atoms with E-state index >= 15 is 0 Å². The van der Waals surface area contributed by atoms with Crippen LogP contribution in [-0.2, 0) is 14.8 Å². The van der Waals surface area contributed by atoms with Crippen molar-refractivity contribution in [1.82, 2.24) is 4.72 Å². The average Bonchev–Trinajstić information content (AvgIpc) is 2.67. The fourth-order valence-electron chi connectivity index (χ4n) is 2.83. The first kappa shape index (κ1) is 20.0. The third kappa shape index (κ3) is 4.37. The summed E-state index contributed by atoms with van der Waals surface area (Å²) >= 11 is 0. The van der Waals surface area contributed by atoms with Crippen LogP contribution >= 0.6 is 0 Å². The second-order valence-corrected chi connectivity index (χ2v) is 8.00. The summed E-state index contributed by atoms with van der Waals surface area (Å²) in [5, 5.41) is 2.59. The second kappa shape index (κ2) is 8.07. The minimum Gasteiger partial charge on any atom is -0.495 e. The minimum atomic E-state index is -3.82. The molecule has 150 valence electrons. The van der Waals surface area contributed by atoms with Crippen LogP contribution in [0.5, 0.6) is 17.2 Å². The number of hydrogen-bond donors (Lipinski definition) is 2. The van der Waals surface area contributed by atoms with E-state index in [1.807, 2.05) is 0 Å². The summed E-state index contributed by atoms with van der Waals surface area (Å²) in [7, 11) is -2.42. The van der Waals surface area contributed by atoms with E-state index in [1.165, 1.54) is 32.2 Å². The highest BCUT2D eigenvalue weighted by atomic mass is 32.2. The van der Waals surface area contributed by atoms with Gasteiger partial charge in [0.05, 0.1) is 17.7 Å². The lowest BCUT2D eigenvalue weighted by Gasteiger charge is -2.21. The number of amides is 1. The topological polar surface area (TPSA) is 103 Å². The standard InChI is InChI=1S/C19H22N2O6S/c1-12(14-4-7-17-19(10-14)27-9-8-26-17)21-28(23,24)15-5-6-16(20-13(2)22)18(11-15)25-3/h4-7,10-12,21H,8-9H2,1-3H3,(H,20,22)/t12-/m1/s1. The van der Waals surface area contributed by atoms with Crippen LogP contribution in [0.15, 0.2) is 41.3 Å². The molecule has 2 aromatic rings. The van der Waals surface area contributed by atoms with E-state index in [1.54, 1.807) is 25.1 Å². The number of anilines is 1. The Hall–Kier alpha value is -2.78. The number of fused-ring (bicyclic) bond motifs is 1. The molecular formula is C19H22N2O6S. The molecule has 0 bridgehead atoms. The van der Waals surface area contributed by atoms with Crippen molar-refractivity contribution in [3.05, 3.63) is 42.0 Å². The SMILES string of the molecule is COc1cc(S(=O)(=O)N[C@H](C)c2ccc3c(c2)OCCO3)ccc1NC(C)=O. The summed E-state index contributed by atoms with van der Waals surface area (Å²) in [6, 6.07) is 9.09. The molecule has 1 aliphatic heterocycles. The molecular weight excluding hydrogens is 384 g/mol. The van der Waals surface area contributed by atoms with Crippen LogP contribution in [0.3, 0.4) is 0 Å². The maximum absolute atomic E-state index is 12.8. The first-order valence-corrected chi connectivity index (χ1v) is 10.2. The van der Waals surface area contributed by atoms with E-state index in [0.29, 0.717) is 30.4 Å². The van der Waals surface area contributed by atoms with Gasteiger partial charge >= 0.3 is 0 Å². The fraction of sp³-hybridized carbons (Fsp3) is 0.316. The Labute approximate surface area is 163 Å². The number of methoxy groups -OCH3 is 1. The Morgan fingerprint density at radius 2 is 1.82 bits per heavy atom. The third-order valence-corrected chi connectivity index (χ3v) is 5.73. The molecule has 1 aliphatic rings. The zero-order valence-electron chi connectivity index (χ0n) is 15.8. The number of nitrogens with one attached hydrogen (secondary N) is 2. The molecule has 28 heavy (non-hydrogen) atoms. The van der Waals surface area contributed by atoms with Crippen molar-refractivity contribution < 1.29 is 27.4 Å². The van der Waals surface area contributed by atoms with Gasteiger partial charge in [-0.3, -0.25) is 4.79 Å². The van der Waals surface area contributed by atoms with Crippen LogP contribution in [0.25, 0.3) is 0 Å². The van der Waals surface area contributed by atoms with Gasteiger partial charge in [-0.2, -0.15) is 0 Å². The zero-order valence-corrected chi connectivity index (χ0v) is 16.6. The lowest BCUT2D eigenvalue weighted by molar-refractivity contribution is -0.114. The summed E-state index contributed by atoms with van der Waals surface area (Å²) < 4.78 is 44.5. The molecule has 0 saturated heterocycles. The first-order chi connectivity index (χ1) is 13.3. The fourth-order valence-corrected chi connectivity index (χ4v) is 4.08. The van der Waals surface area contributed by atoms with Gasteiger partial charge in [-0.1, -0.05) is 6.07 Å². The summed E-state index contributed by atoms with van der Waals surface area (Å²) in [6.07, 6.45) is 0. The van der Waals surface area contributed by atoms with Gasteiger partial charge in [-0.05, 0) is 36.8 Å². The predicted octanol–water partition coefficient (Wildman–Crippen LogP) is 2.46. The van der Waals surface area contributed by atoms with Crippen LogP contribution in [0.2, 0.25) is 0 Å². The molecule has 0 aliphatic carbocycles. The highest BCUT2D eigenvalue weighted by molar-refractivity contribution is 7.89. The smallest absolute Gasteiger partial charge is 0.241 e. The molecule has 0 saturated carbocycles. The highest BCUT2D eigenvalue weighted by Gasteiger charge is 2.22. The quantitative estimate of drug-likeness (QED) is 0.764. The summed E-state index contributed by atoms with van der Waals surface area (Å²) in [5.74, 6) is 1.21. The van der Waals surface area contributed by atoms with Crippen LogP contribution in [0, 0.1) is 0 Å². The van der Waals surface area contributed by atoms with E-state index in [-0.39, 0.29) is 16.6 Å². The molecule has 0 aromatic heterocycles. The normalized spacial score (nSPS) is 14.2. The van der Waals surface area contributed by atoms with Gasteiger partial charge in [-0.15, -0.1) is 0 Å². The summed E-state index contributed by atoms with van der Waals surface area (Å²) in [4.78, 5) is 11.3. The maximum atomic E-state index is 12.8. The number of ether oxygens (including phenoxy) is 3. The molecule has 3 rings (SSSR count). The molecule has 1 amide bonds. The lowest BCUT2D eigenvalue weighted by atomic mass is 10.1. The monoisotopic (exact) mass is 406 g/mol. The van der Waals surface area contributed by atoms with E-state index in [2.05, 4.69) is 10.0 Å². The van der Waals surface area contributed by atoms with Gasteiger partial charge in [0, 0.05) is 19.0 Å². The van der Waals surface area contributed by atoms with E-state index < -0.39 is 16.1 Å². The molecule has 2 N–H and O–H groups in total. The maximum Gasteiger partial charge on any atom is 0.241 e. The lowest BCUT2D eigenvalue weighted by Crippen LogP contribution is -2.27. The van der Waals surface area contributed by atoms with Crippen molar-refractivity contribution in [2.24, 2.45) is 0 Å². The first-order valence-electron chi connectivity index (χ1n) is 8.67. The van der Waals surface area contributed by atoms with E-state index in [9.17, 15) is 13.2 Å². The van der Waals surface area contributed by atoms with Crippen molar-refractivity contribution in [3.63, 3.8) is 0 Å². The van der Waals surface area contributed by atoms with Crippen molar-refractivity contribution in [2.75, 3.05) is 25.6 Å². The Morgan fingerprint density at radius 3 is 2.50 bits per heavy atom. The largest absolute Gasteiger partial charge is 0.495 e. The van der Waals surface area contributed by atoms with Gasteiger partial charge < -0.3 is 19.5 Å². The number of benzene rings is 2. The molecule has 0 radical (unpaired) electrons. The molecule has 0 spiro atoms. The van der Waals surface area contributed by atoms with Crippen molar-refractivity contribution in [1.29, 1.82) is 0 Å².